The van der Waals surface area contributed by atoms with Crippen molar-refractivity contribution in [3.05, 3.63) is 35.4 Å². The fraction of sp³-hybridized carbons (Fsp3) is 0.500. The smallest absolute Gasteiger partial charge is 0.337 e. The molecule has 0 unspecified atom stereocenters. The maximum atomic E-state index is 11.2. The SMILES string of the molecule is COC(=O)c1ccc(COC2CCCC2)cc1. The van der Waals surface area contributed by atoms with Crippen LogP contribution in [0.5, 0.6) is 0 Å². The first kappa shape index (κ1) is 12.1. The number of carbonyl (C=O) groups is 1. The van der Waals surface area contributed by atoms with E-state index in [9.17, 15) is 4.79 Å². The molecule has 0 atom stereocenters. The fourth-order valence-electron chi connectivity index (χ4n) is 2.12. The van der Waals surface area contributed by atoms with Crippen LogP contribution < -0.4 is 0 Å². The van der Waals surface area contributed by atoms with Gasteiger partial charge in [-0.2, -0.15) is 0 Å². The molecule has 1 saturated carbocycles. The van der Waals surface area contributed by atoms with Crippen LogP contribution in [-0.4, -0.2) is 19.2 Å². The minimum Gasteiger partial charge on any atom is -0.465 e. The zero-order chi connectivity index (χ0) is 12.1. The van der Waals surface area contributed by atoms with Gasteiger partial charge < -0.3 is 9.47 Å². The van der Waals surface area contributed by atoms with E-state index in [1.54, 1.807) is 12.1 Å². The van der Waals surface area contributed by atoms with Crippen LogP contribution in [0.4, 0.5) is 0 Å². The molecule has 1 aromatic carbocycles. The van der Waals surface area contributed by atoms with E-state index in [2.05, 4.69) is 4.74 Å². The summed E-state index contributed by atoms with van der Waals surface area (Å²) in [5.41, 5.74) is 1.68. The van der Waals surface area contributed by atoms with E-state index in [0.29, 0.717) is 18.3 Å². The Bertz CT molecular complexity index is 364. The Morgan fingerprint density at radius 2 is 1.88 bits per heavy atom. The molecule has 0 aliphatic heterocycles. The Morgan fingerprint density at radius 1 is 1.24 bits per heavy atom. The van der Waals surface area contributed by atoms with Crippen molar-refractivity contribution < 1.29 is 14.3 Å². The number of hydrogen-bond donors (Lipinski definition) is 0. The molecule has 0 spiro atoms. The van der Waals surface area contributed by atoms with Crippen molar-refractivity contribution >= 4 is 5.97 Å². The molecule has 1 fully saturated rings. The average molecular weight is 234 g/mol. The van der Waals surface area contributed by atoms with Crippen molar-refractivity contribution in [2.75, 3.05) is 7.11 Å². The van der Waals surface area contributed by atoms with Gasteiger partial charge in [-0.1, -0.05) is 25.0 Å². The summed E-state index contributed by atoms with van der Waals surface area (Å²) in [6.45, 7) is 0.631. The van der Waals surface area contributed by atoms with E-state index in [4.69, 9.17) is 4.74 Å². The molecule has 92 valence electrons. The number of methoxy groups -OCH3 is 1. The molecule has 0 bridgehead atoms. The minimum absolute atomic E-state index is 0.298. The molecule has 0 heterocycles. The van der Waals surface area contributed by atoms with Gasteiger partial charge in [0.25, 0.3) is 0 Å². The number of rotatable bonds is 4. The van der Waals surface area contributed by atoms with E-state index in [1.807, 2.05) is 12.1 Å². The molecule has 17 heavy (non-hydrogen) atoms. The quantitative estimate of drug-likeness (QED) is 0.751. The summed E-state index contributed by atoms with van der Waals surface area (Å²) >= 11 is 0. The standard InChI is InChI=1S/C14H18O3/c1-16-14(15)12-8-6-11(7-9-12)10-17-13-4-2-3-5-13/h6-9,13H,2-5,10H2,1H3. The second-order valence-corrected chi connectivity index (χ2v) is 4.41. The molecular weight excluding hydrogens is 216 g/mol. The molecule has 1 aliphatic rings. The highest BCUT2D eigenvalue weighted by Crippen LogP contribution is 2.22. The summed E-state index contributed by atoms with van der Waals surface area (Å²) in [6, 6.07) is 7.39. The zero-order valence-electron chi connectivity index (χ0n) is 10.1. The average Bonchev–Trinajstić information content (AvgIpc) is 2.89. The van der Waals surface area contributed by atoms with Crippen molar-refractivity contribution in [2.24, 2.45) is 0 Å². The number of esters is 1. The summed E-state index contributed by atoms with van der Waals surface area (Å²) < 4.78 is 10.4. The molecular formula is C14H18O3. The van der Waals surface area contributed by atoms with Gasteiger partial charge >= 0.3 is 5.97 Å². The molecule has 3 nitrogen and oxygen atoms in total. The third-order valence-corrected chi connectivity index (χ3v) is 3.16. The number of ether oxygens (including phenoxy) is 2. The third-order valence-electron chi connectivity index (χ3n) is 3.16. The van der Waals surface area contributed by atoms with Gasteiger partial charge in [-0.3, -0.25) is 0 Å². The third kappa shape index (κ3) is 3.30. The van der Waals surface area contributed by atoms with Crippen molar-refractivity contribution in [3.8, 4) is 0 Å². The Morgan fingerprint density at radius 3 is 2.47 bits per heavy atom. The molecule has 3 heteroatoms. The van der Waals surface area contributed by atoms with Crippen molar-refractivity contribution in [2.45, 2.75) is 38.4 Å². The van der Waals surface area contributed by atoms with Crippen LogP contribution in [0, 0.1) is 0 Å². The van der Waals surface area contributed by atoms with Crippen LogP contribution in [0.2, 0.25) is 0 Å². The van der Waals surface area contributed by atoms with Crippen molar-refractivity contribution in [3.63, 3.8) is 0 Å². The fourth-order valence-corrected chi connectivity index (χ4v) is 2.12. The van der Waals surface area contributed by atoms with E-state index in [-0.39, 0.29) is 5.97 Å². The molecule has 0 aromatic heterocycles. The van der Waals surface area contributed by atoms with E-state index < -0.39 is 0 Å². The first-order chi connectivity index (χ1) is 8.29. The molecule has 0 saturated heterocycles. The van der Waals surface area contributed by atoms with Gasteiger partial charge in [-0.05, 0) is 30.5 Å². The van der Waals surface area contributed by atoms with Gasteiger partial charge in [0.15, 0.2) is 0 Å². The first-order valence-electron chi connectivity index (χ1n) is 6.08. The van der Waals surface area contributed by atoms with Crippen LogP contribution in [-0.2, 0) is 16.1 Å². The highest BCUT2D eigenvalue weighted by Gasteiger charge is 2.15. The van der Waals surface area contributed by atoms with Gasteiger partial charge in [0.1, 0.15) is 0 Å². The predicted molar refractivity (Wildman–Crippen MR) is 64.8 cm³/mol. The summed E-state index contributed by atoms with van der Waals surface area (Å²) in [4.78, 5) is 11.2. The molecule has 0 radical (unpaired) electrons. The summed E-state index contributed by atoms with van der Waals surface area (Å²) in [5, 5.41) is 0. The van der Waals surface area contributed by atoms with Crippen LogP contribution in [0.25, 0.3) is 0 Å². The maximum Gasteiger partial charge on any atom is 0.337 e. The number of carbonyl (C=O) groups excluding carboxylic acids is 1. The second-order valence-electron chi connectivity index (χ2n) is 4.41. The lowest BCUT2D eigenvalue weighted by atomic mass is 10.1. The lowest BCUT2D eigenvalue weighted by Crippen LogP contribution is -2.07. The number of hydrogen-bond acceptors (Lipinski definition) is 3. The van der Waals surface area contributed by atoms with Crippen LogP contribution >= 0.6 is 0 Å². The lowest BCUT2D eigenvalue weighted by molar-refractivity contribution is 0.0456. The van der Waals surface area contributed by atoms with Crippen LogP contribution in [0.3, 0.4) is 0 Å². The molecule has 0 amide bonds. The Balaban J connectivity index is 1.87. The van der Waals surface area contributed by atoms with Gasteiger partial charge in [-0.25, -0.2) is 4.79 Å². The number of benzene rings is 1. The van der Waals surface area contributed by atoms with E-state index in [0.717, 1.165) is 5.56 Å². The summed E-state index contributed by atoms with van der Waals surface area (Å²) in [6.07, 6.45) is 5.36. The Kier molecular flexibility index (Phi) is 4.15. The Labute approximate surface area is 102 Å². The van der Waals surface area contributed by atoms with Gasteiger partial charge in [0.05, 0.1) is 25.4 Å². The molecule has 0 N–H and O–H groups in total. The van der Waals surface area contributed by atoms with E-state index in [1.165, 1.54) is 32.8 Å². The lowest BCUT2D eigenvalue weighted by Gasteiger charge is -2.11. The van der Waals surface area contributed by atoms with E-state index >= 15 is 0 Å². The molecule has 1 aromatic rings. The topological polar surface area (TPSA) is 35.5 Å². The minimum atomic E-state index is -0.298. The predicted octanol–water partition coefficient (Wildman–Crippen LogP) is 2.93. The summed E-state index contributed by atoms with van der Waals surface area (Å²) in [7, 11) is 1.39. The van der Waals surface area contributed by atoms with Gasteiger partial charge in [-0.15, -0.1) is 0 Å². The van der Waals surface area contributed by atoms with Crippen molar-refractivity contribution in [1.29, 1.82) is 0 Å². The van der Waals surface area contributed by atoms with Gasteiger partial charge in [0.2, 0.25) is 0 Å². The normalized spacial score (nSPS) is 16.1. The first-order valence-corrected chi connectivity index (χ1v) is 6.08. The highest BCUT2D eigenvalue weighted by atomic mass is 16.5. The highest BCUT2D eigenvalue weighted by molar-refractivity contribution is 5.89. The largest absolute Gasteiger partial charge is 0.465 e. The second kappa shape index (κ2) is 5.82. The monoisotopic (exact) mass is 234 g/mol. The van der Waals surface area contributed by atoms with Crippen LogP contribution in [0.15, 0.2) is 24.3 Å². The molecule has 1 aliphatic carbocycles. The molecule has 2 rings (SSSR count). The maximum absolute atomic E-state index is 11.2. The zero-order valence-corrected chi connectivity index (χ0v) is 10.1. The Hall–Kier alpha value is -1.35. The van der Waals surface area contributed by atoms with Crippen LogP contribution in [0.1, 0.15) is 41.6 Å². The summed E-state index contributed by atoms with van der Waals surface area (Å²) in [5.74, 6) is -0.298. The van der Waals surface area contributed by atoms with Gasteiger partial charge in [0, 0.05) is 0 Å². The van der Waals surface area contributed by atoms with Crippen molar-refractivity contribution in [1.82, 2.24) is 0 Å².